The molecule has 0 fully saturated rings. The van der Waals surface area contributed by atoms with Gasteiger partial charge in [0.25, 0.3) is 0 Å². The minimum absolute atomic E-state index is 0. The second kappa shape index (κ2) is 3.10. The van der Waals surface area contributed by atoms with Crippen LogP contribution in [0.15, 0.2) is 36.8 Å². The van der Waals surface area contributed by atoms with E-state index in [1.165, 1.54) is 0 Å². The molecule has 2 aromatic heterocycles. The van der Waals surface area contributed by atoms with Gasteiger partial charge in [0.2, 0.25) is 0 Å². The van der Waals surface area contributed by atoms with Crippen molar-refractivity contribution in [3.63, 3.8) is 0 Å². The van der Waals surface area contributed by atoms with Gasteiger partial charge in [0.05, 0.1) is 17.4 Å². The lowest BCUT2D eigenvalue weighted by molar-refractivity contribution is 1.34. The van der Waals surface area contributed by atoms with Crippen molar-refractivity contribution >= 4 is 21.9 Å². The van der Waals surface area contributed by atoms with Crippen molar-refractivity contribution in [2.75, 3.05) is 0 Å². The van der Waals surface area contributed by atoms with Gasteiger partial charge in [0, 0.05) is 11.6 Å². The Hall–Kier alpha value is -1.90. The summed E-state index contributed by atoms with van der Waals surface area (Å²) < 4.78 is 0. The van der Waals surface area contributed by atoms with E-state index in [9.17, 15) is 0 Å². The number of aromatic nitrogens is 3. The number of nitrogens with one attached hydrogen (secondary N) is 1. The van der Waals surface area contributed by atoms with Crippen LogP contribution in [0.1, 0.15) is 7.43 Å². The molecule has 0 unspecified atom stereocenters. The maximum atomic E-state index is 4.30. The number of hydrogen-bond donors (Lipinski definition) is 1. The zero-order chi connectivity index (χ0) is 8.67. The predicted molar refractivity (Wildman–Crippen MR) is 58.1 cm³/mol. The van der Waals surface area contributed by atoms with Gasteiger partial charge in [-0.2, -0.15) is 0 Å². The van der Waals surface area contributed by atoms with Crippen LogP contribution >= 0.6 is 0 Å². The number of imidazole rings is 1. The van der Waals surface area contributed by atoms with Crippen LogP contribution in [0.2, 0.25) is 0 Å². The summed E-state index contributed by atoms with van der Waals surface area (Å²) in [6.45, 7) is 0. The fraction of sp³-hybridized carbons (Fsp3) is 0.0909. The Morgan fingerprint density at radius 1 is 1.00 bits per heavy atom. The summed E-state index contributed by atoms with van der Waals surface area (Å²) in [4.78, 5) is 11.6. The molecule has 0 spiro atoms. The van der Waals surface area contributed by atoms with Crippen molar-refractivity contribution < 1.29 is 0 Å². The van der Waals surface area contributed by atoms with Crippen molar-refractivity contribution in [2.24, 2.45) is 0 Å². The van der Waals surface area contributed by atoms with Crippen LogP contribution in [0, 0.1) is 0 Å². The van der Waals surface area contributed by atoms with E-state index < -0.39 is 0 Å². The number of fused-ring (bicyclic) bond motifs is 3. The van der Waals surface area contributed by atoms with E-state index in [-0.39, 0.29) is 7.43 Å². The van der Waals surface area contributed by atoms with Crippen LogP contribution in [0.5, 0.6) is 0 Å². The number of aromatic amines is 1. The molecule has 3 nitrogen and oxygen atoms in total. The van der Waals surface area contributed by atoms with Crippen molar-refractivity contribution in [1.29, 1.82) is 0 Å². The van der Waals surface area contributed by atoms with Gasteiger partial charge < -0.3 is 4.98 Å². The molecule has 3 aromatic rings. The Kier molecular flexibility index (Phi) is 1.93. The van der Waals surface area contributed by atoms with Crippen LogP contribution in [0.4, 0.5) is 0 Å². The van der Waals surface area contributed by atoms with Crippen LogP contribution in [-0.4, -0.2) is 15.0 Å². The molecular weight excluding hydrogens is 174 g/mol. The SMILES string of the molecule is C.c1cnc2c(c1)ccc1[nH]cnc12. The third-order valence-corrected chi connectivity index (χ3v) is 2.16. The maximum Gasteiger partial charge on any atom is 0.114 e. The quantitative estimate of drug-likeness (QED) is 0.585. The van der Waals surface area contributed by atoms with Gasteiger partial charge in [-0.25, -0.2) is 4.98 Å². The van der Waals surface area contributed by atoms with E-state index in [2.05, 4.69) is 15.0 Å². The molecule has 0 radical (unpaired) electrons. The van der Waals surface area contributed by atoms with Crippen molar-refractivity contribution in [3.8, 4) is 0 Å². The summed E-state index contributed by atoms with van der Waals surface area (Å²) in [5.74, 6) is 0. The maximum absolute atomic E-state index is 4.30. The Balaban J connectivity index is 0.000000750. The van der Waals surface area contributed by atoms with Crippen molar-refractivity contribution in [1.82, 2.24) is 15.0 Å². The first kappa shape index (κ1) is 8.69. The molecule has 0 aliphatic heterocycles. The van der Waals surface area contributed by atoms with E-state index >= 15 is 0 Å². The van der Waals surface area contributed by atoms with E-state index in [4.69, 9.17) is 0 Å². The standard InChI is InChI=1S/C10H7N3.CH4/c1-2-7-3-4-8-10(13-6-12-8)9(7)11-5-1;/h1-6H,(H,12,13);1H4. The lowest BCUT2D eigenvalue weighted by atomic mass is 10.2. The van der Waals surface area contributed by atoms with Gasteiger partial charge in [-0.05, 0) is 12.1 Å². The van der Waals surface area contributed by atoms with Gasteiger partial charge in [0.1, 0.15) is 5.52 Å². The van der Waals surface area contributed by atoms with Crippen LogP contribution in [0.3, 0.4) is 0 Å². The summed E-state index contributed by atoms with van der Waals surface area (Å²) >= 11 is 0. The second-order valence-electron chi connectivity index (χ2n) is 2.94. The first-order valence-corrected chi connectivity index (χ1v) is 4.12. The molecule has 2 heterocycles. The minimum Gasteiger partial charge on any atom is -0.345 e. The third-order valence-electron chi connectivity index (χ3n) is 2.16. The summed E-state index contributed by atoms with van der Waals surface area (Å²) in [6, 6.07) is 8.03. The highest BCUT2D eigenvalue weighted by molar-refractivity contribution is 6.01. The Morgan fingerprint density at radius 3 is 2.86 bits per heavy atom. The highest BCUT2D eigenvalue weighted by Gasteiger charge is 2.01. The van der Waals surface area contributed by atoms with E-state index in [0.29, 0.717) is 0 Å². The van der Waals surface area contributed by atoms with Crippen LogP contribution in [0.25, 0.3) is 21.9 Å². The highest BCUT2D eigenvalue weighted by Crippen LogP contribution is 2.19. The molecule has 3 rings (SSSR count). The molecule has 3 heteroatoms. The summed E-state index contributed by atoms with van der Waals surface area (Å²) in [5, 5.41) is 1.13. The third kappa shape index (κ3) is 1.06. The predicted octanol–water partition coefficient (Wildman–Crippen LogP) is 2.75. The average molecular weight is 185 g/mol. The van der Waals surface area contributed by atoms with Crippen LogP contribution in [-0.2, 0) is 0 Å². The normalized spacial score (nSPS) is 10.3. The Bertz CT molecular complexity index is 569. The van der Waals surface area contributed by atoms with Gasteiger partial charge in [-0.15, -0.1) is 0 Å². The molecular formula is C11H11N3. The molecule has 0 aliphatic rings. The molecule has 0 amide bonds. The van der Waals surface area contributed by atoms with Crippen molar-refractivity contribution in [3.05, 3.63) is 36.8 Å². The smallest absolute Gasteiger partial charge is 0.114 e. The van der Waals surface area contributed by atoms with Gasteiger partial charge in [0.15, 0.2) is 0 Å². The van der Waals surface area contributed by atoms with E-state index in [0.717, 1.165) is 21.9 Å². The molecule has 0 saturated heterocycles. The molecule has 1 N–H and O–H groups in total. The fourth-order valence-electron chi connectivity index (χ4n) is 1.54. The average Bonchev–Trinajstić information content (AvgIpc) is 2.65. The first-order chi connectivity index (χ1) is 6.45. The van der Waals surface area contributed by atoms with Gasteiger partial charge in [-0.3, -0.25) is 4.98 Å². The highest BCUT2D eigenvalue weighted by atomic mass is 14.9. The first-order valence-electron chi connectivity index (χ1n) is 4.12. The zero-order valence-corrected chi connectivity index (χ0v) is 6.86. The lowest BCUT2D eigenvalue weighted by Gasteiger charge is -1.95. The molecule has 14 heavy (non-hydrogen) atoms. The Labute approximate surface area is 81.8 Å². The Morgan fingerprint density at radius 2 is 1.93 bits per heavy atom. The summed E-state index contributed by atoms with van der Waals surface area (Å²) in [7, 11) is 0. The molecule has 70 valence electrons. The molecule has 0 saturated carbocycles. The van der Waals surface area contributed by atoms with Crippen LogP contribution < -0.4 is 0 Å². The second-order valence-corrected chi connectivity index (χ2v) is 2.94. The van der Waals surface area contributed by atoms with E-state index in [1.54, 1.807) is 12.5 Å². The zero-order valence-electron chi connectivity index (χ0n) is 6.86. The molecule has 0 atom stereocenters. The number of nitrogens with zero attached hydrogens (tertiary/aromatic N) is 2. The topological polar surface area (TPSA) is 41.6 Å². The number of hydrogen-bond acceptors (Lipinski definition) is 2. The molecule has 0 aliphatic carbocycles. The largest absolute Gasteiger partial charge is 0.345 e. The number of H-pyrrole nitrogens is 1. The van der Waals surface area contributed by atoms with Gasteiger partial charge in [-0.1, -0.05) is 19.6 Å². The summed E-state index contributed by atoms with van der Waals surface area (Å²) in [6.07, 6.45) is 3.48. The number of rotatable bonds is 0. The monoisotopic (exact) mass is 185 g/mol. The van der Waals surface area contributed by atoms with Crippen molar-refractivity contribution in [2.45, 2.75) is 7.43 Å². The fourth-order valence-corrected chi connectivity index (χ4v) is 1.54. The minimum atomic E-state index is 0. The molecule has 1 aromatic carbocycles. The van der Waals surface area contributed by atoms with E-state index in [1.807, 2.05) is 24.3 Å². The van der Waals surface area contributed by atoms with Gasteiger partial charge >= 0.3 is 0 Å². The lowest BCUT2D eigenvalue weighted by Crippen LogP contribution is -1.79. The summed E-state index contributed by atoms with van der Waals surface area (Å²) in [5.41, 5.74) is 2.94. The molecule has 0 bridgehead atoms. The number of benzene rings is 1. The number of pyridine rings is 1.